The molecule has 0 aromatic carbocycles. The van der Waals surface area contributed by atoms with E-state index in [1.807, 2.05) is 0 Å². The molecule has 0 aliphatic carbocycles. The SMILES string of the molecule is CCC/C=C\C/C=C\CCCCCCCC(=O)OC(CO)COP(=O)(O)OCC(CO)OC(C)=O. The highest BCUT2D eigenvalue weighted by Crippen LogP contribution is 2.43. The first kappa shape index (κ1) is 33.4. The molecule has 0 saturated heterocycles. The summed E-state index contributed by atoms with van der Waals surface area (Å²) in [6.45, 7) is 0.944. The molecule has 0 fully saturated rings. The zero-order valence-electron chi connectivity index (χ0n) is 21.0. The van der Waals surface area contributed by atoms with Crippen molar-refractivity contribution < 1.29 is 47.8 Å². The van der Waals surface area contributed by atoms with E-state index in [9.17, 15) is 24.2 Å². The average Bonchev–Trinajstić information content (AvgIpc) is 2.82. The van der Waals surface area contributed by atoms with Gasteiger partial charge in [0, 0.05) is 13.3 Å². The Morgan fingerprint density at radius 1 is 0.829 bits per heavy atom. The van der Waals surface area contributed by atoms with Crippen LogP contribution in [0.5, 0.6) is 0 Å². The van der Waals surface area contributed by atoms with Crippen LogP contribution in [-0.2, 0) is 32.7 Å². The number of phosphoric ester groups is 1. The first-order valence-corrected chi connectivity index (χ1v) is 13.7. The maximum atomic E-state index is 12.0. The first-order valence-electron chi connectivity index (χ1n) is 12.2. The van der Waals surface area contributed by atoms with E-state index in [0.717, 1.165) is 51.9 Å². The number of aliphatic hydroxyl groups is 2. The van der Waals surface area contributed by atoms with Crippen molar-refractivity contribution in [2.24, 2.45) is 0 Å². The van der Waals surface area contributed by atoms with Gasteiger partial charge in [-0.05, 0) is 32.1 Å². The summed E-state index contributed by atoms with van der Waals surface area (Å²) >= 11 is 0. The molecule has 0 radical (unpaired) electrons. The number of esters is 2. The fourth-order valence-corrected chi connectivity index (χ4v) is 3.64. The number of carbonyl (C=O) groups excluding carboxylic acids is 2. The summed E-state index contributed by atoms with van der Waals surface area (Å²) in [5, 5.41) is 18.4. The fraction of sp³-hybridized carbons (Fsp3) is 0.750. The molecular formula is C24H43O10P. The van der Waals surface area contributed by atoms with Crippen LogP contribution < -0.4 is 0 Å². The Hall–Kier alpha value is -1.55. The van der Waals surface area contributed by atoms with Gasteiger partial charge in [0.05, 0.1) is 26.4 Å². The molecule has 204 valence electrons. The van der Waals surface area contributed by atoms with E-state index in [0.29, 0.717) is 6.42 Å². The maximum Gasteiger partial charge on any atom is 0.472 e. The summed E-state index contributed by atoms with van der Waals surface area (Å²) in [5.41, 5.74) is 0. The minimum Gasteiger partial charge on any atom is -0.458 e. The number of unbranched alkanes of at least 4 members (excludes halogenated alkanes) is 6. The molecule has 0 aliphatic rings. The van der Waals surface area contributed by atoms with Gasteiger partial charge < -0.3 is 24.6 Å². The van der Waals surface area contributed by atoms with Crippen molar-refractivity contribution in [1.82, 2.24) is 0 Å². The molecule has 0 aromatic heterocycles. The monoisotopic (exact) mass is 522 g/mol. The largest absolute Gasteiger partial charge is 0.472 e. The number of aliphatic hydroxyl groups excluding tert-OH is 2. The number of allylic oxidation sites excluding steroid dienone is 4. The summed E-state index contributed by atoms with van der Waals surface area (Å²) in [7, 11) is -4.58. The van der Waals surface area contributed by atoms with Gasteiger partial charge >= 0.3 is 19.8 Å². The topological polar surface area (TPSA) is 149 Å². The number of rotatable bonds is 22. The van der Waals surface area contributed by atoms with Crippen molar-refractivity contribution in [3.63, 3.8) is 0 Å². The van der Waals surface area contributed by atoms with E-state index in [4.69, 9.17) is 14.4 Å². The maximum absolute atomic E-state index is 12.0. The first-order chi connectivity index (χ1) is 16.7. The molecule has 0 saturated carbocycles. The Kier molecular flexibility index (Phi) is 20.7. The van der Waals surface area contributed by atoms with E-state index < -0.39 is 58.4 Å². The molecule has 0 spiro atoms. The molecule has 0 bridgehead atoms. The van der Waals surface area contributed by atoms with Crippen LogP contribution in [-0.4, -0.2) is 65.7 Å². The third-order valence-corrected chi connectivity index (χ3v) is 5.65. The molecule has 0 heterocycles. The molecule has 3 N–H and O–H groups in total. The van der Waals surface area contributed by atoms with Crippen LogP contribution >= 0.6 is 7.82 Å². The molecule has 0 amide bonds. The third kappa shape index (κ3) is 21.5. The molecular weight excluding hydrogens is 479 g/mol. The van der Waals surface area contributed by atoms with E-state index in [1.54, 1.807) is 0 Å². The Morgan fingerprint density at radius 2 is 1.37 bits per heavy atom. The summed E-state index contributed by atoms with van der Waals surface area (Å²) in [6, 6.07) is 0. The van der Waals surface area contributed by atoms with Gasteiger partial charge in [0.15, 0.2) is 0 Å². The van der Waals surface area contributed by atoms with Gasteiger partial charge in [0.1, 0.15) is 12.2 Å². The Morgan fingerprint density at radius 3 is 1.94 bits per heavy atom. The Labute approximate surface area is 208 Å². The molecule has 0 aliphatic heterocycles. The molecule has 0 aromatic rings. The van der Waals surface area contributed by atoms with E-state index in [2.05, 4.69) is 40.5 Å². The number of ether oxygens (including phenoxy) is 2. The molecule has 35 heavy (non-hydrogen) atoms. The molecule has 11 heteroatoms. The minimum atomic E-state index is -4.58. The quantitative estimate of drug-likeness (QED) is 0.0825. The zero-order valence-corrected chi connectivity index (χ0v) is 21.9. The predicted octanol–water partition coefficient (Wildman–Crippen LogP) is 3.98. The number of phosphoric acid groups is 1. The van der Waals surface area contributed by atoms with Crippen molar-refractivity contribution in [2.75, 3.05) is 26.4 Å². The lowest BCUT2D eigenvalue weighted by Crippen LogP contribution is -2.28. The smallest absolute Gasteiger partial charge is 0.458 e. The highest BCUT2D eigenvalue weighted by molar-refractivity contribution is 7.47. The van der Waals surface area contributed by atoms with Gasteiger partial charge in [-0.25, -0.2) is 4.57 Å². The molecule has 0 rings (SSSR count). The standard InChI is InChI=1S/C24H43O10P/c1-3-4-5-6-7-8-9-10-11-12-13-14-15-16-24(28)34-23(18-26)20-32-35(29,30)31-19-22(17-25)33-21(2)27/h5-6,8-9,22-23,25-26H,3-4,7,10-20H2,1-2H3,(H,29,30)/b6-5-,9-8-. The van der Waals surface area contributed by atoms with Crippen LogP contribution in [0.2, 0.25) is 0 Å². The van der Waals surface area contributed by atoms with Gasteiger partial charge in [-0.2, -0.15) is 0 Å². The number of carbonyl (C=O) groups is 2. The summed E-state index contributed by atoms with van der Waals surface area (Å²) in [4.78, 5) is 32.5. The lowest BCUT2D eigenvalue weighted by molar-refractivity contribution is -0.153. The summed E-state index contributed by atoms with van der Waals surface area (Å²) in [6.07, 6.45) is 15.7. The van der Waals surface area contributed by atoms with Crippen LogP contribution in [0.15, 0.2) is 24.3 Å². The minimum absolute atomic E-state index is 0.175. The van der Waals surface area contributed by atoms with Crippen molar-refractivity contribution in [3.8, 4) is 0 Å². The van der Waals surface area contributed by atoms with Gasteiger partial charge in [-0.3, -0.25) is 18.6 Å². The van der Waals surface area contributed by atoms with Crippen LogP contribution in [0.3, 0.4) is 0 Å². The van der Waals surface area contributed by atoms with E-state index in [1.165, 1.54) is 6.42 Å². The van der Waals surface area contributed by atoms with Crippen molar-refractivity contribution in [3.05, 3.63) is 24.3 Å². The molecule has 10 nitrogen and oxygen atoms in total. The predicted molar refractivity (Wildman–Crippen MR) is 131 cm³/mol. The molecule has 3 unspecified atom stereocenters. The highest BCUT2D eigenvalue weighted by Gasteiger charge is 2.27. The second-order valence-electron chi connectivity index (χ2n) is 8.04. The van der Waals surface area contributed by atoms with Crippen LogP contribution in [0, 0.1) is 0 Å². The zero-order chi connectivity index (χ0) is 26.4. The molecule has 3 atom stereocenters. The van der Waals surface area contributed by atoms with Gasteiger partial charge in [-0.1, -0.05) is 56.9 Å². The second-order valence-corrected chi connectivity index (χ2v) is 9.50. The Balaban J connectivity index is 3.96. The van der Waals surface area contributed by atoms with Crippen molar-refractivity contribution >= 4 is 19.8 Å². The lowest BCUT2D eigenvalue weighted by Gasteiger charge is -2.20. The van der Waals surface area contributed by atoms with Crippen LogP contribution in [0.1, 0.15) is 78.1 Å². The van der Waals surface area contributed by atoms with Crippen molar-refractivity contribution in [2.45, 2.75) is 90.3 Å². The van der Waals surface area contributed by atoms with Crippen LogP contribution in [0.25, 0.3) is 0 Å². The number of hydrogen-bond acceptors (Lipinski definition) is 9. The highest BCUT2D eigenvalue weighted by atomic mass is 31.2. The number of hydrogen-bond donors (Lipinski definition) is 3. The van der Waals surface area contributed by atoms with E-state index >= 15 is 0 Å². The Bertz CT molecular complexity index is 665. The van der Waals surface area contributed by atoms with Gasteiger partial charge in [-0.15, -0.1) is 0 Å². The summed E-state index contributed by atoms with van der Waals surface area (Å²) < 4.78 is 31.0. The lowest BCUT2D eigenvalue weighted by atomic mass is 10.1. The van der Waals surface area contributed by atoms with E-state index in [-0.39, 0.29) is 6.42 Å². The normalized spacial score (nSPS) is 15.2. The second kappa shape index (κ2) is 21.7. The van der Waals surface area contributed by atoms with Crippen molar-refractivity contribution in [1.29, 1.82) is 0 Å². The average molecular weight is 523 g/mol. The van der Waals surface area contributed by atoms with Gasteiger partial charge in [0.25, 0.3) is 0 Å². The van der Waals surface area contributed by atoms with Crippen LogP contribution in [0.4, 0.5) is 0 Å². The summed E-state index contributed by atoms with van der Waals surface area (Å²) in [5.74, 6) is -1.22. The third-order valence-electron chi connectivity index (χ3n) is 4.70. The van der Waals surface area contributed by atoms with Gasteiger partial charge in [0.2, 0.25) is 0 Å². The fourth-order valence-electron chi connectivity index (χ4n) is 2.85.